The van der Waals surface area contributed by atoms with Crippen LogP contribution in [-0.4, -0.2) is 50.4 Å². The molecule has 1 N–H and O–H groups in total. The van der Waals surface area contributed by atoms with Gasteiger partial charge in [0.15, 0.2) is 15.8 Å². The largest absolute Gasteiger partial charge is 0.354 e. The van der Waals surface area contributed by atoms with Gasteiger partial charge in [0.1, 0.15) is 0 Å². The van der Waals surface area contributed by atoms with E-state index in [4.69, 9.17) is 11.6 Å². The van der Waals surface area contributed by atoms with Crippen LogP contribution in [0.2, 0.25) is 4.34 Å². The first-order valence-electron chi connectivity index (χ1n) is 7.72. The van der Waals surface area contributed by atoms with Crippen molar-refractivity contribution in [3.63, 3.8) is 0 Å². The summed E-state index contributed by atoms with van der Waals surface area (Å²) in [6.07, 6.45) is 0.713. The Balaban J connectivity index is 2.01. The van der Waals surface area contributed by atoms with Gasteiger partial charge in [0.05, 0.1) is 22.4 Å². The zero-order chi connectivity index (χ0) is 17.0. The molecule has 1 aliphatic rings. The van der Waals surface area contributed by atoms with Gasteiger partial charge in [-0.15, -0.1) is 11.3 Å². The Morgan fingerprint density at radius 3 is 2.78 bits per heavy atom. The first kappa shape index (κ1) is 18.5. The molecule has 1 atom stereocenters. The molecule has 1 aromatic heterocycles. The lowest BCUT2D eigenvalue weighted by Gasteiger charge is -2.24. The van der Waals surface area contributed by atoms with Crippen molar-refractivity contribution in [2.45, 2.75) is 32.9 Å². The van der Waals surface area contributed by atoms with Gasteiger partial charge >= 0.3 is 0 Å². The van der Waals surface area contributed by atoms with Crippen LogP contribution in [0.25, 0.3) is 0 Å². The van der Waals surface area contributed by atoms with Gasteiger partial charge in [-0.2, -0.15) is 0 Å². The summed E-state index contributed by atoms with van der Waals surface area (Å²) in [6.45, 7) is 5.39. The molecule has 1 fully saturated rings. The minimum Gasteiger partial charge on any atom is -0.354 e. The van der Waals surface area contributed by atoms with Crippen LogP contribution in [0.1, 0.15) is 25.1 Å². The van der Waals surface area contributed by atoms with Crippen molar-refractivity contribution in [1.29, 1.82) is 0 Å². The molecule has 0 spiro atoms. The minimum absolute atomic E-state index is 0.133. The van der Waals surface area contributed by atoms with Crippen LogP contribution < -0.4 is 5.32 Å². The molecule has 0 amide bonds. The summed E-state index contributed by atoms with van der Waals surface area (Å²) in [5, 5.41) is 3.35. The number of sulfone groups is 1. The summed E-state index contributed by atoms with van der Waals surface area (Å²) >= 11 is 7.54. The lowest BCUT2D eigenvalue weighted by atomic mass is 10.1. The first-order chi connectivity index (χ1) is 10.7. The van der Waals surface area contributed by atoms with Gasteiger partial charge in [-0.25, -0.2) is 8.42 Å². The molecular formula is C15H24ClN3O2S2. The summed E-state index contributed by atoms with van der Waals surface area (Å²) < 4.78 is 23.9. The molecule has 23 heavy (non-hydrogen) atoms. The monoisotopic (exact) mass is 377 g/mol. The molecule has 5 nitrogen and oxygen atoms in total. The fourth-order valence-electron chi connectivity index (χ4n) is 2.51. The number of nitrogens with zero attached hydrogens (tertiary/aromatic N) is 2. The number of halogens is 1. The number of hydrogen-bond donors (Lipinski definition) is 1. The zero-order valence-corrected chi connectivity index (χ0v) is 16.1. The topological polar surface area (TPSA) is 61.8 Å². The SMILES string of the molecule is CC(C)NC(=NCC1CCS(=O)(=O)C1)N(C)Cc1ccc(Cl)s1. The van der Waals surface area contributed by atoms with Crippen LogP contribution in [-0.2, 0) is 16.4 Å². The van der Waals surface area contributed by atoms with E-state index in [9.17, 15) is 8.42 Å². The van der Waals surface area contributed by atoms with E-state index < -0.39 is 9.84 Å². The predicted octanol–water partition coefficient (Wildman–Crippen LogP) is 2.62. The molecule has 1 aliphatic heterocycles. The van der Waals surface area contributed by atoms with Crippen molar-refractivity contribution >= 4 is 38.7 Å². The Morgan fingerprint density at radius 1 is 1.52 bits per heavy atom. The Labute approximate surface area is 147 Å². The number of thiophene rings is 1. The zero-order valence-electron chi connectivity index (χ0n) is 13.8. The Bertz CT molecular complexity index is 655. The highest BCUT2D eigenvalue weighted by atomic mass is 35.5. The molecule has 0 aliphatic carbocycles. The average Bonchev–Trinajstić information content (AvgIpc) is 2.99. The van der Waals surface area contributed by atoms with Gasteiger partial charge in [-0.1, -0.05) is 11.6 Å². The highest BCUT2D eigenvalue weighted by Crippen LogP contribution is 2.22. The summed E-state index contributed by atoms with van der Waals surface area (Å²) in [4.78, 5) is 7.87. The standard InChI is InChI=1S/C15H24ClN3O2S2/c1-11(2)18-15(17-8-12-6-7-23(20,21)10-12)19(3)9-13-4-5-14(16)22-13/h4-5,11-12H,6-10H2,1-3H3,(H,17,18). The van der Waals surface area contributed by atoms with E-state index in [-0.39, 0.29) is 17.7 Å². The minimum atomic E-state index is -2.85. The maximum Gasteiger partial charge on any atom is 0.194 e. The molecule has 0 aromatic carbocycles. The van der Waals surface area contributed by atoms with Gasteiger partial charge in [0.2, 0.25) is 0 Å². The van der Waals surface area contributed by atoms with Crippen LogP contribution in [0.5, 0.6) is 0 Å². The Hall–Kier alpha value is -0.790. The molecule has 8 heteroatoms. The molecule has 130 valence electrons. The van der Waals surface area contributed by atoms with E-state index in [1.165, 1.54) is 4.88 Å². The second kappa shape index (κ2) is 7.85. The van der Waals surface area contributed by atoms with E-state index in [0.29, 0.717) is 18.7 Å². The smallest absolute Gasteiger partial charge is 0.194 e. The van der Waals surface area contributed by atoms with E-state index in [1.807, 2.05) is 24.1 Å². The average molecular weight is 378 g/mol. The van der Waals surface area contributed by atoms with Crippen molar-refractivity contribution in [2.75, 3.05) is 25.1 Å². The van der Waals surface area contributed by atoms with E-state index in [1.54, 1.807) is 11.3 Å². The second-order valence-corrected chi connectivity index (χ2v) is 10.3. The molecular weight excluding hydrogens is 354 g/mol. The molecule has 1 saturated heterocycles. The maximum atomic E-state index is 11.6. The van der Waals surface area contributed by atoms with E-state index in [2.05, 4.69) is 24.2 Å². The van der Waals surface area contributed by atoms with Crippen LogP contribution in [0.4, 0.5) is 0 Å². The van der Waals surface area contributed by atoms with Gasteiger partial charge in [-0.05, 0) is 38.3 Å². The van der Waals surface area contributed by atoms with Crippen LogP contribution >= 0.6 is 22.9 Å². The third kappa shape index (κ3) is 5.97. The number of nitrogens with one attached hydrogen (secondary N) is 1. The molecule has 1 aromatic rings. The van der Waals surface area contributed by atoms with Gasteiger partial charge in [0, 0.05) is 24.5 Å². The molecule has 0 bridgehead atoms. The van der Waals surface area contributed by atoms with Crippen LogP contribution in [0, 0.1) is 5.92 Å². The number of rotatable bonds is 5. The van der Waals surface area contributed by atoms with Gasteiger partial charge < -0.3 is 10.2 Å². The third-order valence-electron chi connectivity index (χ3n) is 3.63. The lowest BCUT2D eigenvalue weighted by Crippen LogP contribution is -2.42. The lowest BCUT2D eigenvalue weighted by molar-refractivity contribution is 0.466. The van der Waals surface area contributed by atoms with E-state index in [0.717, 1.165) is 16.8 Å². The number of guanidine groups is 1. The molecule has 0 radical (unpaired) electrons. The van der Waals surface area contributed by atoms with Gasteiger partial charge in [-0.3, -0.25) is 4.99 Å². The predicted molar refractivity (Wildman–Crippen MR) is 98.1 cm³/mol. The maximum absolute atomic E-state index is 11.6. The van der Waals surface area contributed by atoms with Crippen LogP contribution in [0.15, 0.2) is 17.1 Å². The Kier molecular flexibility index (Phi) is 6.33. The molecule has 2 rings (SSSR count). The van der Waals surface area contributed by atoms with Crippen molar-refractivity contribution in [3.8, 4) is 0 Å². The van der Waals surface area contributed by atoms with Crippen molar-refractivity contribution in [1.82, 2.24) is 10.2 Å². The third-order valence-corrected chi connectivity index (χ3v) is 6.68. The molecule has 1 unspecified atom stereocenters. The van der Waals surface area contributed by atoms with Crippen molar-refractivity contribution < 1.29 is 8.42 Å². The normalized spacial score (nSPS) is 20.9. The quantitative estimate of drug-likeness (QED) is 0.633. The van der Waals surface area contributed by atoms with Crippen LogP contribution in [0.3, 0.4) is 0 Å². The van der Waals surface area contributed by atoms with E-state index >= 15 is 0 Å². The second-order valence-electron chi connectivity index (χ2n) is 6.29. The Morgan fingerprint density at radius 2 is 2.26 bits per heavy atom. The summed E-state index contributed by atoms with van der Waals surface area (Å²) in [6, 6.07) is 4.17. The summed E-state index contributed by atoms with van der Waals surface area (Å²) in [5.74, 6) is 1.49. The summed E-state index contributed by atoms with van der Waals surface area (Å²) in [7, 11) is -0.869. The highest BCUT2D eigenvalue weighted by Gasteiger charge is 2.27. The molecule has 0 saturated carbocycles. The fourth-order valence-corrected chi connectivity index (χ4v) is 5.50. The first-order valence-corrected chi connectivity index (χ1v) is 10.7. The van der Waals surface area contributed by atoms with Gasteiger partial charge in [0.25, 0.3) is 0 Å². The highest BCUT2D eigenvalue weighted by molar-refractivity contribution is 7.91. The van der Waals surface area contributed by atoms with Crippen molar-refractivity contribution in [2.24, 2.45) is 10.9 Å². The number of aliphatic imine (C=N–C) groups is 1. The fraction of sp³-hybridized carbons (Fsp3) is 0.667. The number of hydrogen-bond acceptors (Lipinski definition) is 4. The molecule has 2 heterocycles. The van der Waals surface area contributed by atoms with Crippen molar-refractivity contribution in [3.05, 3.63) is 21.3 Å². The summed E-state index contributed by atoms with van der Waals surface area (Å²) in [5.41, 5.74) is 0.